The first kappa shape index (κ1) is 18.7. The van der Waals surface area contributed by atoms with Gasteiger partial charge >= 0.3 is 0 Å². The van der Waals surface area contributed by atoms with E-state index in [0.717, 1.165) is 32.1 Å². The van der Waals surface area contributed by atoms with Gasteiger partial charge in [0.05, 0.1) is 12.1 Å². The van der Waals surface area contributed by atoms with E-state index < -0.39 is 27.8 Å². The standard InChI is InChI=1S/C17H30N2O2Si2/c1-22(2,3)20-16(12-18)9-7-15-11-14(16)8-10-17(15,13-19)21-23(4,5)6/h14-15H,7-11H2,1-6H3/t14-,15-,16?,17?/m1/s1. The van der Waals surface area contributed by atoms with Crippen molar-refractivity contribution in [3.8, 4) is 12.1 Å². The van der Waals surface area contributed by atoms with Gasteiger partial charge in [-0.25, -0.2) is 0 Å². The minimum atomic E-state index is -1.79. The van der Waals surface area contributed by atoms with Gasteiger partial charge in [0.1, 0.15) is 11.2 Å². The number of hydrogen-bond donors (Lipinski definition) is 0. The first-order valence-electron chi connectivity index (χ1n) is 8.68. The zero-order chi connectivity index (χ0) is 17.5. The lowest BCUT2D eigenvalue weighted by atomic mass is 9.59. The van der Waals surface area contributed by atoms with Crippen LogP contribution < -0.4 is 0 Å². The molecule has 4 atom stereocenters. The average Bonchev–Trinajstić information content (AvgIpc) is 2.41. The van der Waals surface area contributed by atoms with Gasteiger partial charge in [0.15, 0.2) is 16.6 Å². The maximum atomic E-state index is 9.85. The zero-order valence-electron chi connectivity index (χ0n) is 15.4. The van der Waals surface area contributed by atoms with Crippen molar-refractivity contribution in [1.82, 2.24) is 0 Å². The summed E-state index contributed by atoms with van der Waals surface area (Å²) in [4.78, 5) is 0. The van der Waals surface area contributed by atoms with Gasteiger partial charge in [-0.2, -0.15) is 10.5 Å². The molecular formula is C17H30N2O2Si2. The number of nitrogens with zero attached hydrogens (tertiary/aromatic N) is 2. The molecule has 23 heavy (non-hydrogen) atoms. The van der Waals surface area contributed by atoms with Gasteiger partial charge < -0.3 is 8.85 Å². The molecule has 0 aromatic heterocycles. The van der Waals surface area contributed by atoms with E-state index in [1.54, 1.807) is 0 Å². The molecule has 0 N–H and O–H groups in total. The maximum Gasteiger partial charge on any atom is 0.185 e. The first-order chi connectivity index (χ1) is 10.5. The summed E-state index contributed by atoms with van der Waals surface area (Å²) in [5, 5.41) is 19.7. The quantitative estimate of drug-likeness (QED) is 0.704. The van der Waals surface area contributed by atoms with E-state index in [1.807, 2.05) is 0 Å². The predicted molar refractivity (Wildman–Crippen MR) is 95.6 cm³/mol. The zero-order valence-corrected chi connectivity index (χ0v) is 17.4. The Bertz CT molecular complexity index is 493. The van der Waals surface area contributed by atoms with Crippen molar-refractivity contribution in [2.75, 3.05) is 0 Å². The molecule has 2 unspecified atom stereocenters. The molecule has 2 bridgehead atoms. The molecule has 128 valence electrons. The van der Waals surface area contributed by atoms with Crippen LogP contribution in [0.5, 0.6) is 0 Å². The highest BCUT2D eigenvalue weighted by atomic mass is 28.4. The Morgan fingerprint density at radius 1 is 0.783 bits per heavy atom. The summed E-state index contributed by atoms with van der Waals surface area (Å²) in [6, 6.07) is 5.04. The maximum absolute atomic E-state index is 9.85. The molecule has 4 nitrogen and oxygen atoms in total. The normalized spacial score (nSPS) is 37.7. The van der Waals surface area contributed by atoms with E-state index in [4.69, 9.17) is 8.85 Å². The Morgan fingerprint density at radius 2 is 1.13 bits per heavy atom. The molecular weight excluding hydrogens is 320 g/mol. The van der Waals surface area contributed by atoms with Crippen molar-refractivity contribution in [1.29, 1.82) is 10.5 Å². The van der Waals surface area contributed by atoms with Gasteiger partial charge in [0, 0.05) is 11.8 Å². The summed E-state index contributed by atoms with van der Waals surface area (Å²) in [6.45, 7) is 12.9. The molecule has 2 saturated carbocycles. The Labute approximate surface area is 143 Å². The van der Waals surface area contributed by atoms with Crippen LogP contribution in [0.1, 0.15) is 32.1 Å². The largest absolute Gasteiger partial charge is 0.400 e. The summed E-state index contributed by atoms with van der Waals surface area (Å²) >= 11 is 0. The molecule has 2 aliphatic rings. The van der Waals surface area contributed by atoms with E-state index in [9.17, 15) is 10.5 Å². The second-order valence-electron chi connectivity index (χ2n) is 9.14. The predicted octanol–water partition coefficient (Wildman–Crippen LogP) is 4.42. The fourth-order valence-electron chi connectivity index (χ4n) is 4.31. The van der Waals surface area contributed by atoms with Crippen molar-refractivity contribution < 1.29 is 8.85 Å². The summed E-state index contributed by atoms with van der Waals surface area (Å²) < 4.78 is 12.7. The van der Waals surface area contributed by atoms with Gasteiger partial charge in [0.25, 0.3) is 0 Å². The summed E-state index contributed by atoms with van der Waals surface area (Å²) in [5.41, 5.74) is -1.27. The van der Waals surface area contributed by atoms with Crippen LogP contribution in [0, 0.1) is 34.5 Å². The van der Waals surface area contributed by atoms with Crippen molar-refractivity contribution in [2.24, 2.45) is 11.8 Å². The van der Waals surface area contributed by atoms with E-state index in [0.29, 0.717) is 0 Å². The second-order valence-corrected chi connectivity index (χ2v) is 18.0. The third-order valence-electron chi connectivity index (χ3n) is 4.97. The van der Waals surface area contributed by atoms with Crippen LogP contribution >= 0.6 is 0 Å². The van der Waals surface area contributed by atoms with Gasteiger partial charge in [-0.1, -0.05) is 0 Å². The van der Waals surface area contributed by atoms with Gasteiger partial charge in [-0.3, -0.25) is 0 Å². The number of hydrogen-bond acceptors (Lipinski definition) is 4. The third kappa shape index (κ3) is 3.88. The Kier molecular flexibility index (Phi) is 4.87. The Balaban J connectivity index is 2.23. The van der Waals surface area contributed by atoms with Gasteiger partial charge in [0.2, 0.25) is 0 Å². The van der Waals surface area contributed by atoms with Gasteiger partial charge in [-0.15, -0.1) is 0 Å². The molecule has 0 aliphatic heterocycles. The highest BCUT2D eigenvalue weighted by Crippen LogP contribution is 2.53. The smallest absolute Gasteiger partial charge is 0.185 e. The van der Waals surface area contributed by atoms with Crippen LogP contribution in [0.25, 0.3) is 0 Å². The van der Waals surface area contributed by atoms with E-state index in [1.165, 1.54) is 0 Å². The minimum absolute atomic E-state index is 0.240. The summed E-state index contributed by atoms with van der Waals surface area (Å²) in [6.07, 6.45) is 4.07. The average molecular weight is 351 g/mol. The molecule has 0 aromatic rings. The monoisotopic (exact) mass is 350 g/mol. The van der Waals surface area contributed by atoms with Crippen LogP contribution in [0.4, 0.5) is 0 Å². The van der Waals surface area contributed by atoms with Crippen molar-refractivity contribution in [3.63, 3.8) is 0 Å². The fraction of sp³-hybridized carbons (Fsp3) is 0.882. The lowest BCUT2D eigenvalue weighted by molar-refractivity contribution is -0.0869. The Morgan fingerprint density at radius 3 is 1.39 bits per heavy atom. The molecule has 2 aliphatic carbocycles. The minimum Gasteiger partial charge on any atom is -0.400 e. The highest BCUT2D eigenvalue weighted by molar-refractivity contribution is 6.70. The lowest BCUT2D eigenvalue weighted by Gasteiger charge is -2.53. The molecule has 0 heterocycles. The molecule has 6 heteroatoms. The topological polar surface area (TPSA) is 66.0 Å². The fourth-order valence-corrected chi connectivity index (χ4v) is 7.13. The van der Waals surface area contributed by atoms with Crippen LogP contribution in [-0.2, 0) is 8.85 Å². The molecule has 0 radical (unpaired) electrons. The third-order valence-corrected chi connectivity index (χ3v) is 6.92. The van der Waals surface area contributed by atoms with Crippen LogP contribution in [0.3, 0.4) is 0 Å². The van der Waals surface area contributed by atoms with Crippen molar-refractivity contribution >= 4 is 16.6 Å². The molecule has 0 spiro atoms. The second kappa shape index (κ2) is 6.00. The SMILES string of the molecule is C[Si](C)(C)OC1(C#N)CC[C@@H]2C[C@H]1CCC2(C#N)O[Si](C)(C)C. The van der Waals surface area contributed by atoms with E-state index in [2.05, 4.69) is 51.4 Å². The molecule has 0 saturated heterocycles. The number of nitriles is 2. The lowest BCUT2D eigenvalue weighted by Crippen LogP contribution is -2.58. The molecule has 0 amide bonds. The van der Waals surface area contributed by atoms with Gasteiger partial charge in [-0.05, 0) is 71.4 Å². The highest BCUT2D eigenvalue weighted by Gasteiger charge is 2.56. The van der Waals surface area contributed by atoms with Crippen LogP contribution in [0.15, 0.2) is 0 Å². The first-order valence-corrected chi connectivity index (χ1v) is 15.5. The number of fused-ring (bicyclic) bond motifs is 2. The molecule has 2 fully saturated rings. The van der Waals surface area contributed by atoms with Crippen LogP contribution in [0.2, 0.25) is 39.3 Å². The van der Waals surface area contributed by atoms with E-state index >= 15 is 0 Å². The number of rotatable bonds is 4. The summed E-state index contributed by atoms with van der Waals surface area (Å²) in [5.74, 6) is 0.481. The van der Waals surface area contributed by atoms with E-state index in [-0.39, 0.29) is 11.8 Å². The van der Waals surface area contributed by atoms with Crippen LogP contribution in [-0.4, -0.2) is 27.8 Å². The Hall–Kier alpha value is -0.666. The van der Waals surface area contributed by atoms with Crippen molar-refractivity contribution in [2.45, 2.75) is 82.6 Å². The van der Waals surface area contributed by atoms with Crippen molar-refractivity contribution in [3.05, 3.63) is 0 Å². The summed E-state index contributed by atoms with van der Waals surface area (Å²) in [7, 11) is -3.58. The molecule has 0 aromatic carbocycles. The molecule has 2 rings (SSSR count).